The van der Waals surface area contributed by atoms with Gasteiger partial charge < -0.3 is 5.32 Å². The Kier molecular flexibility index (Phi) is 5.54. The van der Waals surface area contributed by atoms with Crippen LogP contribution in [0, 0.1) is 0 Å². The van der Waals surface area contributed by atoms with E-state index < -0.39 is 0 Å². The standard InChI is InChI=1S/C17H15N5O.CH4.ClH/c1-11-9-19-15-13-6-2-3-7-14(13)20-17(22(11)15)21-16(23)12-5-4-8-18-10-12;;/h2-8,10-11,19H,9H2,1H3;1H4;1H/t11-;;/m1../s1. The van der Waals surface area contributed by atoms with E-state index in [0.717, 1.165) is 23.3 Å². The number of fused-ring (bicyclic) bond motifs is 3. The molecule has 0 saturated heterocycles. The number of carbonyl (C=O) groups excluding carboxylic acids is 1. The van der Waals surface area contributed by atoms with E-state index in [1.54, 1.807) is 18.3 Å². The number of aromatic nitrogens is 3. The number of hydrogen-bond acceptors (Lipinski definition) is 4. The molecule has 1 amide bonds. The Morgan fingerprint density at radius 2 is 2.08 bits per heavy atom. The van der Waals surface area contributed by atoms with Gasteiger partial charge >= 0.3 is 0 Å². The molecule has 0 bridgehead atoms. The van der Waals surface area contributed by atoms with Gasteiger partial charge in [0.15, 0.2) is 0 Å². The fraction of sp³-hybridized carbons (Fsp3) is 0.222. The highest BCUT2D eigenvalue weighted by Crippen LogP contribution is 2.27. The van der Waals surface area contributed by atoms with Gasteiger partial charge in [-0.25, -0.2) is 4.98 Å². The molecule has 4 rings (SSSR count). The van der Waals surface area contributed by atoms with Crippen molar-refractivity contribution in [2.45, 2.75) is 20.4 Å². The van der Waals surface area contributed by atoms with Crippen LogP contribution >= 0.6 is 12.4 Å². The largest absolute Gasteiger partial charge is 0.369 e. The van der Waals surface area contributed by atoms with E-state index in [-0.39, 0.29) is 31.8 Å². The monoisotopic (exact) mass is 357 g/mol. The van der Waals surface area contributed by atoms with Crippen LogP contribution in [0.3, 0.4) is 0 Å². The maximum absolute atomic E-state index is 12.4. The van der Waals surface area contributed by atoms with Gasteiger partial charge in [0, 0.05) is 24.3 Å². The highest BCUT2D eigenvalue weighted by Gasteiger charge is 2.21. The van der Waals surface area contributed by atoms with Crippen molar-refractivity contribution in [1.82, 2.24) is 14.5 Å². The van der Waals surface area contributed by atoms with Crippen LogP contribution in [0.1, 0.15) is 30.8 Å². The van der Waals surface area contributed by atoms with Crippen molar-refractivity contribution in [2.24, 2.45) is 4.99 Å². The number of para-hydroxylation sites is 1. The van der Waals surface area contributed by atoms with Crippen molar-refractivity contribution in [3.63, 3.8) is 0 Å². The molecule has 130 valence electrons. The van der Waals surface area contributed by atoms with Gasteiger partial charge in [-0.05, 0) is 31.2 Å². The van der Waals surface area contributed by atoms with Crippen molar-refractivity contribution in [3.05, 3.63) is 60.0 Å². The Labute approximate surface area is 152 Å². The number of nitrogens with one attached hydrogen (secondary N) is 1. The fourth-order valence-corrected chi connectivity index (χ4v) is 2.82. The molecule has 25 heavy (non-hydrogen) atoms. The van der Waals surface area contributed by atoms with Crippen LogP contribution in [0.5, 0.6) is 0 Å². The number of rotatable bonds is 1. The topological polar surface area (TPSA) is 72.2 Å². The minimum Gasteiger partial charge on any atom is -0.369 e. The van der Waals surface area contributed by atoms with Gasteiger partial charge in [-0.3, -0.25) is 14.3 Å². The number of hydrogen-bond donors (Lipinski definition) is 1. The molecule has 0 spiro atoms. The van der Waals surface area contributed by atoms with Crippen molar-refractivity contribution >= 4 is 35.0 Å². The molecular formula is C18H20ClN5O. The van der Waals surface area contributed by atoms with Crippen LogP contribution in [0.2, 0.25) is 0 Å². The molecule has 1 aliphatic heterocycles. The molecule has 3 aromatic rings. The summed E-state index contributed by atoms with van der Waals surface area (Å²) in [6, 6.07) is 11.5. The summed E-state index contributed by atoms with van der Waals surface area (Å²) in [5.74, 6) is 0.621. The smallest absolute Gasteiger partial charge is 0.281 e. The third-order valence-corrected chi connectivity index (χ3v) is 3.95. The van der Waals surface area contributed by atoms with Gasteiger partial charge in [0.2, 0.25) is 5.62 Å². The Morgan fingerprint density at radius 3 is 2.84 bits per heavy atom. The zero-order chi connectivity index (χ0) is 15.8. The molecular weight excluding hydrogens is 338 g/mol. The molecule has 0 aliphatic carbocycles. The number of pyridine rings is 1. The molecule has 1 aliphatic rings. The van der Waals surface area contributed by atoms with Crippen molar-refractivity contribution < 1.29 is 4.79 Å². The summed E-state index contributed by atoms with van der Waals surface area (Å²) in [5.41, 5.74) is 1.69. The quantitative estimate of drug-likeness (QED) is 0.725. The van der Waals surface area contributed by atoms with Gasteiger partial charge in [-0.15, -0.1) is 12.4 Å². The Balaban J connectivity index is 0.00000113. The second-order valence-electron chi connectivity index (χ2n) is 5.54. The Hall–Kier alpha value is -2.73. The van der Waals surface area contributed by atoms with E-state index in [9.17, 15) is 4.79 Å². The predicted octanol–water partition coefficient (Wildman–Crippen LogP) is 3.22. The lowest BCUT2D eigenvalue weighted by Crippen LogP contribution is -2.26. The van der Waals surface area contributed by atoms with Crippen molar-refractivity contribution in [3.8, 4) is 0 Å². The van der Waals surface area contributed by atoms with Gasteiger partial charge in [-0.1, -0.05) is 19.6 Å². The van der Waals surface area contributed by atoms with E-state index in [1.807, 2.05) is 28.8 Å². The highest BCUT2D eigenvalue weighted by molar-refractivity contribution is 5.95. The average Bonchev–Trinajstić information content (AvgIpc) is 2.98. The lowest BCUT2D eigenvalue weighted by atomic mass is 10.2. The molecule has 0 saturated carbocycles. The SMILES string of the molecule is C.C[C@@H]1CNc2c3ccccc3nc(=NC(=O)c3cccnc3)n21.Cl. The summed E-state index contributed by atoms with van der Waals surface area (Å²) < 4.78 is 1.98. The van der Waals surface area contributed by atoms with Crippen LogP contribution in [-0.4, -0.2) is 27.0 Å². The van der Waals surface area contributed by atoms with Crippen molar-refractivity contribution in [1.29, 1.82) is 0 Å². The zero-order valence-electron chi connectivity index (χ0n) is 13.0. The third-order valence-electron chi connectivity index (χ3n) is 3.95. The first-order valence-corrected chi connectivity index (χ1v) is 7.48. The molecule has 6 nitrogen and oxygen atoms in total. The van der Waals surface area contributed by atoms with Crippen LogP contribution < -0.4 is 10.9 Å². The minimum absolute atomic E-state index is 0. The first-order valence-electron chi connectivity index (χ1n) is 7.48. The lowest BCUT2D eigenvalue weighted by Gasteiger charge is -2.10. The normalized spacial score (nSPS) is 15.7. The van der Waals surface area contributed by atoms with E-state index in [4.69, 9.17) is 0 Å². The molecule has 1 atom stereocenters. The van der Waals surface area contributed by atoms with Crippen LogP contribution in [-0.2, 0) is 0 Å². The summed E-state index contributed by atoms with van der Waals surface area (Å²) in [7, 11) is 0. The summed E-state index contributed by atoms with van der Waals surface area (Å²) in [6.45, 7) is 2.87. The second kappa shape index (κ2) is 7.44. The predicted molar refractivity (Wildman–Crippen MR) is 101 cm³/mol. The van der Waals surface area contributed by atoms with Crippen LogP contribution in [0.25, 0.3) is 10.9 Å². The molecule has 2 aromatic heterocycles. The third kappa shape index (κ3) is 3.25. The molecule has 0 radical (unpaired) electrons. The number of amides is 1. The molecule has 1 aromatic carbocycles. The molecule has 0 unspecified atom stereocenters. The maximum Gasteiger partial charge on any atom is 0.281 e. The number of benzene rings is 1. The number of anilines is 1. The van der Waals surface area contributed by atoms with Gasteiger partial charge in [-0.2, -0.15) is 4.99 Å². The second-order valence-corrected chi connectivity index (χ2v) is 5.54. The van der Waals surface area contributed by atoms with Gasteiger partial charge in [0.25, 0.3) is 5.91 Å². The zero-order valence-corrected chi connectivity index (χ0v) is 13.8. The Morgan fingerprint density at radius 1 is 1.28 bits per heavy atom. The first kappa shape index (κ1) is 18.6. The summed E-state index contributed by atoms with van der Waals surface area (Å²) in [5, 5.41) is 4.42. The number of carbonyl (C=O) groups is 1. The van der Waals surface area contributed by atoms with E-state index >= 15 is 0 Å². The van der Waals surface area contributed by atoms with Crippen LogP contribution in [0.15, 0.2) is 53.8 Å². The van der Waals surface area contributed by atoms with E-state index in [2.05, 4.69) is 27.2 Å². The Bertz CT molecular complexity index is 968. The summed E-state index contributed by atoms with van der Waals surface area (Å²) in [6.07, 6.45) is 3.14. The molecule has 0 fully saturated rings. The summed E-state index contributed by atoms with van der Waals surface area (Å²) in [4.78, 5) is 25.2. The van der Waals surface area contributed by atoms with Crippen molar-refractivity contribution in [2.75, 3.05) is 11.9 Å². The van der Waals surface area contributed by atoms with Crippen LogP contribution in [0.4, 0.5) is 5.82 Å². The molecule has 1 N–H and O–H groups in total. The maximum atomic E-state index is 12.4. The lowest BCUT2D eigenvalue weighted by molar-refractivity contribution is 0.0996. The number of halogens is 1. The van der Waals surface area contributed by atoms with E-state index in [0.29, 0.717) is 11.2 Å². The van der Waals surface area contributed by atoms with Gasteiger partial charge in [0.05, 0.1) is 17.1 Å². The molecule has 7 heteroatoms. The minimum atomic E-state index is -0.338. The average molecular weight is 358 g/mol. The number of nitrogens with zero attached hydrogens (tertiary/aromatic N) is 4. The summed E-state index contributed by atoms with van der Waals surface area (Å²) >= 11 is 0. The fourth-order valence-electron chi connectivity index (χ4n) is 2.82. The van der Waals surface area contributed by atoms with E-state index in [1.165, 1.54) is 6.20 Å². The first-order chi connectivity index (χ1) is 11.2. The highest BCUT2D eigenvalue weighted by atomic mass is 35.5. The molecule has 3 heterocycles. The van der Waals surface area contributed by atoms with Gasteiger partial charge in [0.1, 0.15) is 5.82 Å².